The third-order valence-electron chi connectivity index (χ3n) is 3.19. The van der Waals surface area contributed by atoms with E-state index in [9.17, 15) is 14.0 Å². The van der Waals surface area contributed by atoms with Gasteiger partial charge in [0.25, 0.3) is 0 Å². The van der Waals surface area contributed by atoms with E-state index in [0.717, 1.165) is 0 Å². The van der Waals surface area contributed by atoms with Crippen molar-refractivity contribution in [2.24, 2.45) is 0 Å². The van der Waals surface area contributed by atoms with Crippen LogP contribution in [0.3, 0.4) is 0 Å². The molecule has 0 aliphatic rings. The van der Waals surface area contributed by atoms with Crippen LogP contribution in [0.5, 0.6) is 5.75 Å². The number of hydrogen-bond acceptors (Lipinski definition) is 4. The molecule has 1 aromatic carbocycles. The van der Waals surface area contributed by atoms with Gasteiger partial charge in [-0.05, 0) is 19.9 Å². The topological polar surface area (TPSA) is 57.5 Å². The van der Waals surface area contributed by atoms with Crippen LogP contribution in [0.1, 0.15) is 24.2 Å². The van der Waals surface area contributed by atoms with Gasteiger partial charge in [-0.1, -0.05) is 0 Å². The van der Waals surface area contributed by atoms with E-state index in [0.29, 0.717) is 12.1 Å². The van der Waals surface area contributed by atoms with Crippen LogP contribution in [0.25, 0.3) is 10.9 Å². The molecule has 112 valence electrons. The van der Waals surface area contributed by atoms with Crippen molar-refractivity contribution in [2.75, 3.05) is 13.7 Å². The van der Waals surface area contributed by atoms with Crippen LogP contribution in [0.15, 0.2) is 23.1 Å². The molecule has 2 rings (SSSR count). The fraction of sp³-hybridized carbons (Fsp3) is 0.333. The van der Waals surface area contributed by atoms with E-state index in [1.807, 2.05) is 6.92 Å². The highest BCUT2D eigenvalue weighted by Gasteiger charge is 2.18. The molecule has 0 bridgehead atoms. The summed E-state index contributed by atoms with van der Waals surface area (Å²) in [6.07, 6.45) is 1.40. The van der Waals surface area contributed by atoms with Gasteiger partial charge in [0.1, 0.15) is 5.56 Å². The largest absolute Gasteiger partial charge is 0.494 e. The van der Waals surface area contributed by atoms with Gasteiger partial charge in [0.05, 0.1) is 24.6 Å². The molecule has 2 aromatic rings. The summed E-state index contributed by atoms with van der Waals surface area (Å²) in [5.41, 5.74) is -0.153. The summed E-state index contributed by atoms with van der Waals surface area (Å²) < 4.78 is 25.2. The highest BCUT2D eigenvalue weighted by molar-refractivity contribution is 5.94. The summed E-state index contributed by atoms with van der Waals surface area (Å²) >= 11 is 0. The molecule has 0 aliphatic heterocycles. The highest BCUT2D eigenvalue weighted by Crippen LogP contribution is 2.23. The van der Waals surface area contributed by atoms with Crippen molar-refractivity contribution in [3.63, 3.8) is 0 Å². The van der Waals surface area contributed by atoms with E-state index in [-0.39, 0.29) is 23.3 Å². The molecule has 0 fully saturated rings. The maximum absolute atomic E-state index is 13.8. The number of hydrogen-bond donors (Lipinski definition) is 0. The molecule has 0 spiro atoms. The second-order valence-corrected chi connectivity index (χ2v) is 4.38. The first kappa shape index (κ1) is 15.0. The lowest BCUT2D eigenvalue weighted by molar-refractivity contribution is 0.0524. The molecule has 0 aliphatic carbocycles. The summed E-state index contributed by atoms with van der Waals surface area (Å²) in [6.45, 7) is 4.15. The zero-order valence-electron chi connectivity index (χ0n) is 12.1. The maximum atomic E-state index is 13.8. The van der Waals surface area contributed by atoms with Crippen LogP contribution in [0.4, 0.5) is 4.39 Å². The predicted octanol–water partition coefficient (Wildman–Crippen LogP) is 2.35. The zero-order chi connectivity index (χ0) is 15.6. The summed E-state index contributed by atoms with van der Waals surface area (Å²) in [7, 11) is 1.32. The van der Waals surface area contributed by atoms with Crippen LogP contribution in [0.2, 0.25) is 0 Å². The molecule has 0 saturated carbocycles. The van der Waals surface area contributed by atoms with Crippen LogP contribution < -0.4 is 10.2 Å². The van der Waals surface area contributed by atoms with Gasteiger partial charge in [0.15, 0.2) is 11.6 Å². The Morgan fingerprint density at radius 2 is 2.05 bits per heavy atom. The van der Waals surface area contributed by atoms with Crippen molar-refractivity contribution in [3.05, 3.63) is 39.9 Å². The number of ether oxygens (including phenoxy) is 2. The Hall–Kier alpha value is -2.37. The number of methoxy groups -OCH3 is 1. The molecule has 0 saturated heterocycles. The second kappa shape index (κ2) is 5.95. The normalized spacial score (nSPS) is 10.7. The van der Waals surface area contributed by atoms with Crippen LogP contribution >= 0.6 is 0 Å². The van der Waals surface area contributed by atoms with Gasteiger partial charge in [-0.25, -0.2) is 9.18 Å². The molecule has 0 unspecified atom stereocenters. The number of aryl methyl sites for hydroxylation is 1. The van der Waals surface area contributed by atoms with Crippen molar-refractivity contribution in [1.82, 2.24) is 4.57 Å². The Morgan fingerprint density at radius 1 is 1.33 bits per heavy atom. The van der Waals surface area contributed by atoms with E-state index in [1.165, 1.54) is 25.4 Å². The van der Waals surface area contributed by atoms with Crippen LogP contribution in [0, 0.1) is 5.82 Å². The number of pyridine rings is 1. The first-order chi connectivity index (χ1) is 10.0. The van der Waals surface area contributed by atoms with Crippen molar-refractivity contribution < 1.29 is 18.7 Å². The fourth-order valence-corrected chi connectivity index (χ4v) is 2.16. The number of fused-ring (bicyclic) bond motifs is 1. The van der Waals surface area contributed by atoms with Gasteiger partial charge in [0, 0.05) is 18.8 Å². The molecule has 6 heteroatoms. The Balaban J connectivity index is 2.81. The monoisotopic (exact) mass is 293 g/mol. The first-order valence-corrected chi connectivity index (χ1v) is 6.61. The van der Waals surface area contributed by atoms with Gasteiger partial charge in [0.2, 0.25) is 5.43 Å². The number of carbonyl (C=O) groups excluding carboxylic acids is 1. The van der Waals surface area contributed by atoms with Gasteiger partial charge >= 0.3 is 5.97 Å². The van der Waals surface area contributed by atoms with E-state index in [1.54, 1.807) is 11.5 Å². The summed E-state index contributed by atoms with van der Waals surface area (Å²) in [6, 6.07) is 2.54. The van der Waals surface area contributed by atoms with Gasteiger partial charge < -0.3 is 14.0 Å². The van der Waals surface area contributed by atoms with Crippen LogP contribution in [-0.4, -0.2) is 24.3 Å². The summed E-state index contributed by atoms with van der Waals surface area (Å²) in [5, 5.41) is 0.223. The Morgan fingerprint density at radius 3 is 2.62 bits per heavy atom. The summed E-state index contributed by atoms with van der Waals surface area (Å²) in [5.74, 6) is -1.28. The fourth-order valence-electron chi connectivity index (χ4n) is 2.16. The molecule has 0 radical (unpaired) electrons. The number of halogens is 1. The summed E-state index contributed by atoms with van der Waals surface area (Å²) in [4.78, 5) is 24.3. The maximum Gasteiger partial charge on any atom is 0.343 e. The van der Waals surface area contributed by atoms with Crippen molar-refractivity contribution in [3.8, 4) is 5.75 Å². The Labute approximate surface area is 120 Å². The van der Waals surface area contributed by atoms with Crippen molar-refractivity contribution in [2.45, 2.75) is 20.4 Å². The lowest BCUT2D eigenvalue weighted by atomic mass is 10.1. The zero-order valence-corrected chi connectivity index (χ0v) is 12.1. The smallest absolute Gasteiger partial charge is 0.343 e. The SMILES string of the molecule is CCOC(=O)c1cn(CC)c2cc(F)c(OC)cc2c1=O. The number of benzene rings is 1. The lowest BCUT2D eigenvalue weighted by Gasteiger charge is -2.12. The lowest BCUT2D eigenvalue weighted by Crippen LogP contribution is -2.21. The third kappa shape index (κ3) is 2.61. The van der Waals surface area contributed by atoms with Gasteiger partial charge in [-0.2, -0.15) is 0 Å². The second-order valence-electron chi connectivity index (χ2n) is 4.38. The standard InChI is InChI=1S/C15H16FNO4/c1-4-17-8-10(15(19)21-5-2)14(18)9-6-13(20-3)11(16)7-12(9)17/h6-8H,4-5H2,1-3H3. The minimum atomic E-state index is -0.685. The van der Waals surface area contributed by atoms with Crippen molar-refractivity contribution in [1.29, 1.82) is 0 Å². The molecular formula is C15H16FNO4. The Bertz CT molecular complexity index is 751. The highest BCUT2D eigenvalue weighted by atomic mass is 19.1. The van der Waals surface area contributed by atoms with Gasteiger partial charge in [-0.3, -0.25) is 4.79 Å². The number of rotatable bonds is 4. The number of nitrogens with zero attached hydrogens (tertiary/aromatic N) is 1. The molecule has 1 heterocycles. The molecular weight excluding hydrogens is 277 g/mol. The molecule has 5 nitrogen and oxygen atoms in total. The number of aromatic nitrogens is 1. The number of esters is 1. The average molecular weight is 293 g/mol. The van der Waals surface area contributed by atoms with E-state index in [2.05, 4.69) is 0 Å². The molecule has 21 heavy (non-hydrogen) atoms. The van der Waals surface area contributed by atoms with Gasteiger partial charge in [-0.15, -0.1) is 0 Å². The minimum absolute atomic E-state index is 0.0386. The average Bonchev–Trinajstić information content (AvgIpc) is 2.47. The van der Waals surface area contributed by atoms with E-state index in [4.69, 9.17) is 9.47 Å². The van der Waals surface area contributed by atoms with E-state index < -0.39 is 17.2 Å². The molecule has 0 N–H and O–H groups in total. The minimum Gasteiger partial charge on any atom is -0.494 e. The number of carbonyl (C=O) groups is 1. The van der Waals surface area contributed by atoms with Crippen LogP contribution in [-0.2, 0) is 11.3 Å². The molecule has 0 amide bonds. The van der Waals surface area contributed by atoms with Crippen molar-refractivity contribution >= 4 is 16.9 Å². The predicted molar refractivity (Wildman–Crippen MR) is 76.3 cm³/mol. The first-order valence-electron chi connectivity index (χ1n) is 6.61. The Kier molecular flexibility index (Phi) is 4.26. The molecule has 1 aromatic heterocycles. The van der Waals surface area contributed by atoms with E-state index >= 15 is 0 Å². The quantitative estimate of drug-likeness (QED) is 0.812. The molecule has 0 atom stereocenters. The third-order valence-corrected chi connectivity index (χ3v) is 3.19.